The third-order valence-corrected chi connectivity index (χ3v) is 6.84. The van der Waals surface area contributed by atoms with Crippen molar-refractivity contribution in [3.63, 3.8) is 0 Å². The van der Waals surface area contributed by atoms with Gasteiger partial charge in [-0.3, -0.25) is 14.2 Å². The highest BCUT2D eigenvalue weighted by molar-refractivity contribution is 7.71. The highest BCUT2D eigenvalue weighted by atomic mass is 32.1. The van der Waals surface area contributed by atoms with E-state index in [0.29, 0.717) is 22.4 Å². The molecule has 0 unspecified atom stereocenters. The molecule has 4 rings (SSSR count). The molecule has 158 valence electrons. The molecule has 1 saturated heterocycles. The predicted octanol–water partition coefficient (Wildman–Crippen LogP) is 4.03. The maximum Gasteiger partial charge on any atom is 0.272 e. The van der Waals surface area contributed by atoms with Gasteiger partial charge in [-0.1, -0.05) is 24.6 Å². The van der Waals surface area contributed by atoms with Crippen LogP contribution in [0.15, 0.2) is 46.6 Å². The van der Waals surface area contributed by atoms with Gasteiger partial charge in [0.15, 0.2) is 4.77 Å². The van der Waals surface area contributed by atoms with Gasteiger partial charge in [0.1, 0.15) is 4.70 Å². The van der Waals surface area contributed by atoms with Gasteiger partial charge in [-0.2, -0.15) is 0 Å². The van der Waals surface area contributed by atoms with Crippen LogP contribution in [0.25, 0.3) is 10.2 Å². The smallest absolute Gasteiger partial charge is 0.272 e. The number of rotatable bonds is 7. The quantitative estimate of drug-likeness (QED) is 0.443. The number of nitrogens with one attached hydrogen (secondary N) is 1. The summed E-state index contributed by atoms with van der Waals surface area (Å²) in [6, 6.07) is 12.2. The molecule has 0 spiro atoms. The number of anilines is 1. The maximum atomic E-state index is 12.5. The Morgan fingerprint density at radius 2 is 1.80 bits per heavy atom. The fourth-order valence-electron chi connectivity index (χ4n) is 3.91. The zero-order valence-corrected chi connectivity index (χ0v) is 18.5. The van der Waals surface area contributed by atoms with Crippen molar-refractivity contribution in [2.24, 2.45) is 0 Å². The van der Waals surface area contributed by atoms with Gasteiger partial charge in [-0.15, -0.1) is 11.3 Å². The van der Waals surface area contributed by atoms with Crippen molar-refractivity contribution in [2.75, 3.05) is 31.1 Å². The summed E-state index contributed by atoms with van der Waals surface area (Å²) in [5, 5.41) is 1.90. The van der Waals surface area contributed by atoms with E-state index < -0.39 is 0 Å². The first-order valence-corrected chi connectivity index (χ1v) is 11.7. The average Bonchev–Trinajstić information content (AvgIpc) is 3.24. The molecule has 8 heteroatoms. The van der Waals surface area contributed by atoms with E-state index in [2.05, 4.69) is 22.0 Å². The van der Waals surface area contributed by atoms with Crippen LogP contribution in [0.5, 0.6) is 0 Å². The number of unbranched alkanes of at least 4 members (excludes halogenated alkanes) is 2. The van der Waals surface area contributed by atoms with Crippen LogP contribution in [-0.4, -0.2) is 46.5 Å². The third kappa shape index (κ3) is 4.65. The fraction of sp³-hybridized carbons (Fsp3) is 0.409. The first-order valence-electron chi connectivity index (χ1n) is 10.4. The summed E-state index contributed by atoms with van der Waals surface area (Å²) < 4.78 is 2.82. The Morgan fingerprint density at radius 1 is 1.03 bits per heavy atom. The number of amides is 1. The van der Waals surface area contributed by atoms with E-state index >= 15 is 0 Å². The number of piperazine rings is 1. The molecular weight excluding hydrogens is 416 g/mol. The average molecular weight is 443 g/mol. The van der Waals surface area contributed by atoms with E-state index in [9.17, 15) is 9.59 Å². The van der Waals surface area contributed by atoms with Crippen molar-refractivity contribution >= 4 is 45.4 Å². The molecule has 2 aromatic heterocycles. The number of carbonyl (C=O) groups is 1. The third-order valence-electron chi connectivity index (χ3n) is 5.62. The number of hydrogen-bond donors (Lipinski definition) is 1. The molecule has 1 N–H and O–H groups in total. The summed E-state index contributed by atoms with van der Waals surface area (Å²) in [6.45, 7) is 3.90. The van der Waals surface area contributed by atoms with Crippen molar-refractivity contribution < 1.29 is 4.79 Å². The predicted molar refractivity (Wildman–Crippen MR) is 125 cm³/mol. The van der Waals surface area contributed by atoms with Gasteiger partial charge in [-0.05, 0) is 48.6 Å². The van der Waals surface area contributed by atoms with Gasteiger partial charge in [0.25, 0.3) is 5.56 Å². The van der Waals surface area contributed by atoms with E-state index in [1.807, 2.05) is 34.5 Å². The Kier molecular flexibility index (Phi) is 6.64. The van der Waals surface area contributed by atoms with E-state index in [0.717, 1.165) is 51.0 Å². The monoisotopic (exact) mass is 442 g/mol. The van der Waals surface area contributed by atoms with Crippen LogP contribution in [-0.2, 0) is 11.3 Å². The molecule has 1 aliphatic heterocycles. The van der Waals surface area contributed by atoms with E-state index in [1.165, 1.54) is 17.0 Å². The molecule has 0 saturated carbocycles. The second kappa shape index (κ2) is 9.57. The van der Waals surface area contributed by atoms with Crippen molar-refractivity contribution in [1.29, 1.82) is 0 Å². The summed E-state index contributed by atoms with van der Waals surface area (Å²) in [6.07, 6.45) is 3.14. The fourth-order valence-corrected chi connectivity index (χ4v) is 4.99. The number of hydrogen-bond acceptors (Lipinski definition) is 5. The molecule has 3 heterocycles. The van der Waals surface area contributed by atoms with Gasteiger partial charge >= 0.3 is 0 Å². The zero-order valence-electron chi connectivity index (χ0n) is 16.9. The molecule has 30 heavy (non-hydrogen) atoms. The zero-order chi connectivity index (χ0) is 20.9. The lowest BCUT2D eigenvalue weighted by Crippen LogP contribution is -2.48. The molecule has 1 amide bonds. The van der Waals surface area contributed by atoms with Crippen LogP contribution >= 0.6 is 23.6 Å². The lowest BCUT2D eigenvalue weighted by molar-refractivity contribution is -0.131. The number of aromatic nitrogens is 2. The number of para-hydroxylation sites is 1. The van der Waals surface area contributed by atoms with Crippen molar-refractivity contribution in [1.82, 2.24) is 14.5 Å². The van der Waals surface area contributed by atoms with Crippen LogP contribution in [0.1, 0.15) is 25.7 Å². The van der Waals surface area contributed by atoms with Gasteiger partial charge in [0.05, 0.1) is 5.52 Å². The summed E-state index contributed by atoms with van der Waals surface area (Å²) >= 11 is 6.76. The number of thiophene rings is 1. The second-order valence-corrected chi connectivity index (χ2v) is 8.87. The van der Waals surface area contributed by atoms with Gasteiger partial charge in [-0.25, -0.2) is 0 Å². The van der Waals surface area contributed by atoms with Crippen LogP contribution in [0, 0.1) is 4.77 Å². The molecule has 0 atom stereocenters. The molecule has 3 aromatic rings. The van der Waals surface area contributed by atoms with Crippen molar-refractivity contribution in [3.05, 3.63) is 56.9 Å². The first kappa shape index (κ1) is 20.8. The minimum atomic E-state index is -0.0175. The highest BCUT2D eigenvalue weighted by Crippen LogP contribution is 2.17. The molecule has 0 bridgehead atoms. The molecule has 0 aliphatic carbocycles. The Bertz CT molecular complexity index is 1110. The highest BCUT2D eigenvalue weighted by Gasteiger charge is 2.20. The molecule has 1 aromatic carbocycles. The van der Waals surface area contributed by atoms with Gasteiger partial charge in [0, 0.05) is 44.8 Å². The number of aromatic amines is 1. The van der Waals surface area contributed by atoms with Crippen LogP contribution < -0.4 is 10.5 Å². The molecule has 1 fully saturated rings. The van der Waals surface area contributed by atoms with Crippen LogP contribution in [0.3, 0.4) is 0 Å². The lowest BCUT2D eigenvalue weighted by atomic mass is 10.1. The Labute approximate surface area is 184 Å². The van der Waals surface area contributed by atoms with E-state index in [-0.39, 0.29) is 11.5 Å². The van der Waals surface area contributed by atoms with Crippen molar-refractivity contribution in [3.8, 4) is 0 Å². The van der Waals surface area contributed by atoms with Crippen molar-refractivity contribution in [2.45, 2.75) is 32.2 Å². The van der Waals surface area contributed by atoms with E-state index in [4.69, 9.17) is 12.2 Å². The Hall–Kier alpha value is -2.45. The summed E-state index contributed by atoms with van der Waals surface area (Å²) in [7, 11) is 0. The summed E-state index contributed by atoms with van der Waals surface area (Å²) in [4.78, 5) is 32.5. The SMILES string of the molecule is O=C(CCCCCn1c(=S)[nH]c2ccsc2c1=O)N1CCN(c2ccccc2)CC1. The topological polar surface area (TPSA) is 61.3 Å². The minimum Gasteiger partial charge on any atom is -0.368 e. The normalized spacial score (nSPS) is 14.4. The number of fused-ring (bicyclic) bond motifs is 1. The lowest BCUT2D eigenvalue weighted by Gasteiger charge is -2.36. The Morgan fingerprint density at radius 3 is 2.57 bits per heavy atom. The molecular formula is C22H26N4O2S2. The number of carbonyl (C=O) groups excluding carboxylic acids is 1. The largest absolute Gasteiger partial charge is 0.368 e. The number of nitrogens with zero attached hydrogens (tertiary/aromatic N) is 3. The summed E-state index contributed by atoms with van der Waals surface area (Å²) in [5.41, 5.74) is 2.01. The van der Waals surface area contributed by atoms with Gasteiger partial charge in [0.2, 0.25) is 5.91 Å². The number of H-pyrrole nitrogens is 1. The van der Waals surface area contributed by atoms with Gasteiger partial charge < -0.3 is 14.8 Å². The number of benzene rings is 1. The standard InChI is InChI=1S/C22H26N4O2S2/c27-19(25-14-12-24(13-15-25)17-7-3-1-4-8-17)9-5-2-6-11-26-21(28)20-18(10-16-30-20)23-22(26)29/h1,3-4,7-8,10,16H,2,5-6,9,11-15H2,(H,23,29). The molecule has 0 radical (unpaired) electrons. The minimum absolute atomic E-state index is 0.0175. The summed E-state index contributed by atoms with van der Waals surface area (Å²) in [5.74, 6) is 0.233. The van der Waals surface area contributed by atoms with Crippen LogP contribution in [0.2, 0.25) is 0 Å². The maximum absolute atomic E-state index is 12.5. The van der Waals surface area contributed by atoms with Crippen LogP contribution in [0.4, 0.5) is 5.69 Å². The van der Waals surface area contributed by atoms with E-state index in [1.54, 1.807) is 4.57 Å². The molecule has 6 nitrogen and oxygen atoms in total. The Balaban J connectivity index is 1.20. The second-order valence-electron chi connectivity index (χ2n) is 7.56. The molecule has 1 aliphatic rings. The first-order chi connectivity index (χ1) is 14.6.